The highest BCUT2D eigenvalue weighted by Gasteiger charge is 2.16. The van der Waals surface area contributed by atoms with Crippen LogP contribution in [0.2, 0.25) is 0 Å². The second-order valence-electron chi connectivity index (χ2n) is 5.53. The van der Waals surface area contributed by atoms with E-state index in [-0.39, 0.29) is 5.41 Å². The zero-order valence-corrected chi connectivity index (χ0v) is 12.6. The Morgan fingerprint density at radius 2 is 2.05 bits per heavy atom. The molecule has 1 atom stereocenters. The largest absolute Gasteiger partial charge is 0.493 e. The van der Waals surface area contributed by atoms with Crippen molar-refractivity contribution in [3.8, 4) is 17.6 Å². The second kappa shape index (κ2) is 7.16. The van der Waals surface area contributed by atoms with Crippen LogP contribution in [0.5, 0.6) is 11.5 Å². The van der Waals surface area contributed by atoms with Gasteiger partial charge in [0, 0.05) is 0 Å². The molecule has 110 valence electrons. The van der Waals surface area contributed by atoms with Crippen LogP contribution < -0.4 is 9.47 Å². The Morgan fingerprint density at radius 1 is 1.35 bits per heavy atom. The maximum Gasteiger partial charge on any atom is 0.161 e. The minimum atomic E-state index is -0.533. The third-order valence-electron chi connectivity index (χ3n) is 3.18. The van der Waals surface area contributed by atoms with E-state index in [1.54, 1.807) is 26.2 Å². The molecule has 0 aliphatic rings. The van der Waals surface area contributed by atoms with Crippen LogP contribution in [-0.2, 0) is 0 Å². The fraction of sp³-hybridized carbons (Fsp3) is 0.562. The number of hydrogen-bond acceptors (Lipinski definition) is 4. The van der Waals surface area contributed by atoms with Crippen molar-refractivity contribution in [1.82, 2.24) is 0 Å². The van der Waals surface area contributed by atoms with Gasteiger partial charge in [0.15, 0.2) is 11.5 Å². The first-order valence-electron chi connectivity index (χ1n) is 6.79. The number of aliphatic hydroxyl groups excluding tert-OH is 1. The molecule has 0 bridgehead atoms. The third kappa shape index (κ3) is 4.75. The number of rotatable bonds is 7. The number of benzene rings is 1. The predicted octanol–water partition coefficient (Wildman–Crippen LogP) is 3.46. The molecule has 1 unspecified atom stereocenters. The first kappa shape index (κ1) is 16.3. The minimum absolute atomic E-state index is 0.316. The number of nitriles is 1. The van der Waals surface area contributed by atoms with E-state index in [2.05, 4.69) is 6.07 Å². The summed E-state index contributed by atoms with van der Waals surface area (Å²) < 4.78 is 11.0. The lowest BCUT2D eigenvalue weighted by atomic mass is 9.90. The number of ether oxygens (including phenoxy) is 2. The summed E-state index contributed by atoms with van der Waals surface area (Å²) in [6, 6.07) is 7.67. The molecular formula is C16H23NO3. The highest BCUT2D eigenvalue weighted by atomic mass is 16.5. The Bertz CT molecular complexity index is 475. The molecular weight excluding hydrogens is 254 g/mol. The third-order valence-corrected chi connectivity index (χ3v) is 3.18. The summed E-state index contributed by atoms with van der Waals surface area (Å²) in [6.07, 6.45) is 1.06. The summed E-state index contributed by atoms with van der Waals surface area (Å²) in [5.74, 6) is 1.27. The van der Waals surface area contributed by atoms with Crippen molar-refractivity contribution in [2.75, 3.05) is 13.7 Å². The zero-order valence-electron chi connectivity index (χ0n) is 12.6. The molecule has 0 aliphatic heterocycles. The maximum atomic E-state index is 9.54. The summed E-state index contributed by atoms with van der Waals surface area (Å²) in [7, 11) is 1.58. The summed E-state index contributed by atoms with van der Waals surface area (Å²) >= 11 is 0. The smallest absolute Gasteiger partial charge is 0.161 e. The fourth-order valence-electron chi connectivity index (χ4n) is 1.82. The molecule has 0 aliphatic carbocycles. The van der Waals surface area contributed by atoms with Gasteiger partial charge < -0.3 is 14.6 Å². The van der Waals surface area contributed by atoms with Crippen molar-refractivity contribution in [1.29, 1.82) is 5.26 Å². The first-order valence-corrected chi connectivity index (χ1v) is 6.79. The molecule has 0 fully saturated rings. The van der Waals surface area contributed by atoms with Gasteiger partial charge in [-0.3, -0.25) is 0 Å². The van der Waals surface area contributed by atoms with Crippen molar-refractivity contribution >= 4 is 0 Å². The Balaban J connectivity index is 2.58. The predicted molar refractivity (Wildman–Crippen MR) is 77.8 cm³/mol. The molecule has 1 aromatic carbocycles. The van der Waals surface area contributed by atoms with Crippen LogP contribution in [0.15, 0.2) is 18.2 Å². The molecule has 1 aromatic rings. The van der Waals surface area contributed by atoms with E-state index in [4.69, 9.17) is 14.7 Å². The average molecular weight is 277 g/mol. The van der Waals surface area contributed by atoms with E-state index in [0.29, 0.717) is 18.1 Å². The van der Waals surface area contributed by atoms with Crippen LogP contribution in [0.3, 0.4) is 0 Å². The molecule has 1 N–H and O–H groups in total. The molecule has 0 saturated carbocycles. The molecule has 20 heavy (non-hydrogen) atoms. The van der Waals surface area contributed by atoms with Crippen molar-refractivity contribution in [3.05, 3.63) is 23.8 Å². The lowest BCUT2D eigenvalue weighted by Crippen LogP contribution is -2.10. The number of nitrogens with zero attached hydrogens (tertiary/aromatic N) is 1. The van der Waals surface area contributed by atoms with Crippen LogP contribution in [0.25, 0.3) is 0 Å². The van der Waals surface area contributed by atoms with Gasteiger partial charge in [-0.15, -0.1) is 0 Å². The highest BCUT2D eigenvalue weighted by molar-refractivity contribution is 5.43. The SMILES string of the molecule is COc1cc(C(C)O)ccc1OCCCC(C)(C)C#N. The Hall–Kier alpha value is -1.73. The number of hydrogen-bond donors (Lipinski definition) is 1. The van der Waals surface area contributed by atoms with Gasteiger partial charge in [-0.1, -0.05) is 6.07 Å². The first-order chi connectivity index (χ1) is 9.39. The van der Waals surface area contributed by atoms with E-state index in [0.717, 1.165) is 18.4 Å². The molecule has 1 rings (SSSR count). The lowest BCUT2D eigenvalue weighted by Gasteiger charge is -2.16. The highest BCUT2D eigenvalue weighted by Crippen LogP contribution is 2.30. The number of aliphatic hydroxyl groups is 1. The summed E-state index contributed by atoms with van der Waals surface area (Å²) in [5.41, 5.74) is 0.476. The number of methoxy groups -OCH3 is 1. The van der Waals surface area contributed by atoms with E-state index in [1.807, 2.05) is 19.9 Å². The topological polar surface area (TPSA) is 62.5 Å². The minimum Gasteiger partial charge on any atom is -0.493 e. The molecule has 0 spiro atoms. The lowest BCUT2D eigenvalue weighted by molar-refractivity contribution is 0.198. The van der Waals surface area contributed by atoms with Crippen molar-refractivity contribution in [2.24, 2.45) is 5.41 Å². The van der Waals surface area contributed by atoms with Crippen molar-refractivity contribution < 1.29 is 14.6 Å². The van der Waals surface area contributed by atoms with Crippen molar-refractivity contribution in [3.63, 3.8) is 0 Å². The van der Waals surface area contributed by atoms with E-state index in [9.17, 15) is 5.11 Å². The molecule has 4 nitrogen and oxygen atoms in total. The van der Waals surface area contributed by atoms with E-state index >= 15 is 0 Å². The summed E-state index contributed by atoms with van der Waals surface area (Å²) in [4.78, 5) is 0. The van der Waals surface area contributed by atoms with Gasteiger partial charge in [0.2, 0.25) is 0 Å². The van der Waals surface area contributed by atoms with Gasteiger partial charge in [0.25, 0.3) is 0 Å². The van der Waals surface area contributed by atoms with Gasteiger partial charge in [0.1, 0.15) is 0 Å². The van der Waals surface area contributed by atoms with Gasteiger partial charge in [-0.2, -0.15) is 5.26 Å². The Labute approximate surface area is 120 Å². The van der Waals surface area contributed by atoms with Gasteiger partial charge in [-0.05, 0) is 51.3 Å². The molecule has 4 heteroatoms. The molecule has 0 radical (unpaired) electrons. The molecule has 0 saturated heterocycles. The maximum absolute atomic E-state index is 9.54. The van der Waals surface area contributed by atoms with Gasteiger partial charge >= 0.3 is 0 Å². The normalized spacial score (nSPS) is 12.6. The zero-order chi connectivity index (χ0) is 15.2. The van der Waals surface area contributed by atoms with Crippen molar-refractivity contribution in [2.45, 2.75) is 39.7 Å². The van der Waals surface area contributed by atoms with Crippen LogP contribution >= 0.6 is 0 Å². The molecule has 0 aromatic heterocycles. The quantitative estimate of drug-likeness (QED) is 0.775. The van der Waals surface area contributed by atoms with Crippen LogP contribution in [0, 0.1) is 16.7 Å². The standard InChI is InChI=1S/C16H23NO3/c1-12(18)13-6-7-14(15(10-13)19-4)20-9-5-8-16(2,3)11-17/h6-7,10,12,18H,5,8-9H2,1-4H3. The van der Waals surface area contributed by atoms with Gasteiger partial charge in [-0.25, -0.2) is 0 Å². The van der Waals surface area contributed by atoms with Crippen LogP contribution in [0.4, 0.5) is 0 Å². The summed E-state index contributed by atoms with van der Waals surface area (Å²) in [6.45, 7) is 6.09. The van der Waals surface area contributed by atoms with Crippen LogP contribution in [-0.4, -0.2) is 18.8 Å². The average Bonchev–Trinajstić information content (AvgIpc) is 2.43. The molecule has 0 heterocycles. The fourth-order valence-corrected chi connectivity index (χ4v) is 1.82. The Morgan fingerprint density at radius 3 is 2.60 bits per heavy atom. The van der Waals surface area contributed by atoms with E-state index in [1.165, 1.54) is 0 Å². The monoisotopic (exact) mass is 277 g/mol. The second-order valence-corrected chi connectivity index (χ2v) is 5.53. The van der Waals surface area contributed by atoms with E-state index < -0.39 is 6.10 Å². The van der Waals surface area contributed by atoms with Crippen LogP contribution in [0.1, 0.15) is 45.3 Å². The molecule has 0 amide bonds. The van der Waals surface area contributed by atoms with Gasteiger partial charge in [0.05, 0.1) is 31.3 Å². The Kier molecular flexibility index (Phi) is 5.84. The summed E-state index contributed by atoms with van der Waals surface area (Å²) in [5, 5.41) is 18.5.